The molecule has 0 saturated carbocycles. The Bertz CT molecular complexity index is 1380. The summed E-state index contributed by atoms with van der Waals surface area (Å²) >= 11 is 5.99. The monoisotopic (exact) mass is 569 g/mol. The zero-order valence-electron chi connectivity index (χ0n) is 23.0. The molecule has 208 valence electrons. The van der Waals surface area contributed by atoms with Crippen LogP contribution in [0.4, 0.5) is 5.69 Å². The van der Waals surface area contributed by atoms with Crippen molar-refractivity contribution in [1.82, 2.24) is 10.2 Å². The highest BCUT2D eigenvalue weighted by atomic mass is 35.5. The van der Waals surface area contributed by atoms with Gasteiger partial charge in [0, 0.05) is 17.6 Å². The van der Waals surface area contributed by atoms with Crippen LogP contribution in [0.2, 0.25) is 5.02 Å². The molecular formula is C30H36ClN3O4S. The largest absolute Gasteiger partial charge is 0.352 e. The van der Waals surface area contributed by atoms with Crippen LogP contribution in [0.5, 0.6) is 0 Å². The Morgan fingerprint density at radius 3 is 1.95 bits per heavy atom. The minimum Gasteiger partial charge on any atom is -0.352 e. The molecule has 0 fully saturated rings. The van der Waals surface area contributed by atoms with Crippen LogP contribution in [-0.4, -0.2) is 43.8 Å². The van der Waals surface area contributed by atoms with Crippen molar-refractivity contribution in [3.05, 3.63) is 94.5 Å². The fourth-order valence-corrected chi connectivity index (χ4v) is 5.45. The maximum atomic E-state index is 13.9. The molecule has 0 bridgehead atoms. The standard InChI is InChI=1S/C30H36ClN3O4S/c1-6-23(4)32-30(36)24(5)33(19-25-11-7-21(2)8-12-25)29(35)20-34(27-15-9-22(3)10-16-27)39(37,38)28-17-13-26(31)14-18-28/h7-18,23-24H,6,19-20H2,1-5H3,(H,32,36). The summed E-state index contributed by atoms with van der Waals surface area (Å²) in [5.74, 6) is -0.798. The Hall–Kier alpha value is -3.36. The first-order chi connectivity index (χ1) is 18.4. The number of rotatable bonds is 11. The quantitative estimate of drug-likeness (QED) is 0.331. The number of sulfonamides is 1. The van der Waals surface area contributed by atoms with Crippen LogP contribution >= 0.6 is 11.6 Å². The number of hydrogen-bond acceptors (Lipinski definition) is 4. The Morgan fingerprint density at radius 1 is 0.872 bits per heavy atom. The lowest BCUT2D eigenvalue weighted by molar-refractivity contribution is -0.139. The van der Waals surface area contributed by atoms with Crippen molar-refractivity contribution in [2.24, 2.45) is 0 Å². The molecule has 39 heavy (non-hydrogen) atoms. The SMILES string of the molecule is CCC(C)NC(=O)C(C)N(Cc1ccc(C)cc1)C(=O)CN(c1ccc(C)cc1)S(=O)(=O)c1ccc(Cl)cc1. The molecule has 2 atom stereocenters. The number of aryl methyl sites for hydroxylation is 2. The summed E-state index contributed by atoms with van der Waals surface area (Å²) in [5.41, 5.74) is 3.19. The summed E-state index contributed by atoms with van der Waals surface area (Å²) in [7, 11) is -4.13. The molecule has 3 aromatic carbocycles. The van der Waals surface area contributed by atoms with Crippen molar-refractivity contribution in [2.75, 3.05) is 10.8 Å². The van der Waals surface area contributed by atoms with Gasteiger partial charge in [0.25, 0.3) is 10.0 Å². The van der Waals surface area contributed by atoms with Crippen molar-refractivity contribution in [3.63, 3.8) is 0 Å². The summed E-state index contributed by atoms with van der Waals surface area (Å²) in [6.45, 7) is 9.05. The lowest BCUT2D eigenvalue weighted by Gasteiger charge is -2.32. The first kappa shape index (κ1) is 30.2. The second kappa shape index (κ2) is 13.1. The number of benzene rings is 3. The predicted molar refractivity (Wildman–Crippen MR) is 156 cm³/mol. The van der Waals surface area contributed by atoms with Gasteiger partial charge in [0.05, 0.1) is 10.6 Å². The Kier molecular flexibility index (Phi) is 10.2. The molecule has 2 amide bonds. The molecule has 1 N–H and O–H groups in total. The van der Waals surface area contributed by atoms with Gasteiger partial charge in [0.2, 0.25) is 11.8 Å². The third-order valence-corrected chi connectivity index (χ3v) is 8.68. The van der Waals surface area contributed by atoms with E-state index in [9.17, 15) is 18.0 Å². The molecule has 7 nitrogen and oxygen atoms in total. The molecule has 3 aromatic rings. The van der Waals surface area contributed by atoms with Crippen molar-refractivity contribution in [3.8, 4) is 0 Å². The molecule has 0 radical (unpaired) electrons. The van der Waals surface area contributed by atoms with E-state index in [0.29, 0.717) is 10.7 Å². The van der Waals surface area contributed by atoms with Gasteiger partial charge in [0.1, 0.15) is 12.6 Å². The van der Waals surface area contributed by atoms with Crippen LogP contribution in [0.25, 0.3) is 0 Å². The molecule has 0 aliphatic carbocycles. The molecule has 0 aliphatic heterocycles. The first-order valence-corrected chi connectivity index (χ1v) is 14.7. The van der Waals surface area contributed by atoms with E-state index in [0.717, 1.165) is 27.4 Å². The molecule has 3 rings (SSSR count). The molecule has 0 saturated heterocycles. The maximum Gasteiger partial charge on any atom is 0.264 e. The summed E-state index contributed by atoms with van der Waals surface area (Å²) < 4.78 is 28.7. The van der Waals surface area contributed by atoms with Crippen LogP contribution in [0.3, 0.4) is 0 Å². The summed E-state index contributed by atoms with van der Waals surface area (Å²) in [4.78, 5) is 28.5. The Balaban J connectivity index is 2.01. The van der Waals surface area contributed by atoms with Gasteiger partial charge >= 0.3 is 0 Å². The number of hydrogen-bond donors (Lipinski definition) is 1. The molecule has 0 spiro atoms. The van der Waals surface area contributed by atoms with Crippen molar-refractivity contribution in [2.45, 2.75) is 64.6 Å². The molecule has 9 heteroatoms. The minimum atomic E-state index is -4.13. The van der Waals surface area contributed by atoms with E-state index in [4.69, 9.17) is 11.6 Å². The van der Waals surface area contributed by atoms with Gasteiger partial charge in [-0.1, -0.05) is 66.0 Å². The van der Waals surface area contributed by atoms with Crippen LogP contribution in [0.15, 0.2) is 77.7 Å². The Morgan fingerprint density at radius 2 is 1.41 bits per heavy atom. The number of carbonyl (C=O) groups is 2. The van der Waals surface area contributed by atoms with Crippen molar-refractivity contribution < 1.29 is 18.0 Å². The van der Waals surface area contributed by atoms with Crippen LogP contribution in [0.1, 0.15) is 43.9 Å². The molecule has 0 aliphatic rings. The van der Waals surface area contributed by atoms with Crippen molar-refractivity contribution in [1.29, 1.82) is 0 Å². The van der Waals surface area contributed by atoms with Gasteiger partial charge in [-0.25, -0.2) is 8.42 Å². The highest BCUT2D eigenvalue weighted by Gasteiger charge is 2.32. The number of anilines is 1. The lowest BCUT2D eigenvalue weighted by Crippen LogP contribution is -2.52. The van der Waals surface area contributed by atoms with E-state index in [2.05, 4.69) is 5.32 Å². The smallest absolute Gasteiger partial charge is 0.264 e. The van der Waals surface area contributed by atoms with Gasteiger partial charge in [-0.3, -0.25) is 13.9 Å². The van der Waals surface area contributed by atoms with Crippen molar-refractivity contribution >= 4 is 39.1 Å². The van der Waals surface area contributed by atoms with E-state index < -0.39 is 28.5 Å². The third-order valence-electron chi connectivity index (χ3n) is 6.64. The van der Waals surface area contributed by atoms with Gasteiger partial charge < -0.3 is 10.2 Å². The second-order valence-electron chi connectivity index (χ2n) is 9.80. The number of halogens is 1. The average Bonchev–Trinajstić information content (AvgIpc) is 2.91. The fraction of sp³-hybridized carbons (Fsp3) is 0.333. The number of carbonyl (C=O) groups excluding carboxylic acids is 2. The zero-order valence-corrected chi connectivity index (χ0v) is 24.6. The predicted octanol–water partition coefficient (Wildman–Crippen LogP) is 5.48. The van der Waals surface area contributed by atoms with Gasteiger partial charge in [-0.05, 0) is 76.1 Å². The van der Waals surface area contributed by atoms with Crippen LogP contribution < -0.4 is 9.62 Å². The number of nitrogens with zero attached hydrogens (tertiary/aromatic N) is 2. The summed E-state index contributed by atoms with van der Waals surface area (Å²) in [6, 6.07) is 19.5. The number of nitrogens with one attached hydrogen (secondary N) is 1. The van der Waals surface area contributed by atoms with Crippen LogP contribution in [-0.2, 0) is 26.2 Å². The van der Waals surface area contributed by atoms with E-state index in [-0.39, 0.29) is 23.4 Å². The minimum absolute atomic E-state index is 0.00733. The zero-order chi connectivity index (χ0) is 28.7. The molecule has 0 aromatic heterocycles. The summed E-state index contributed by atoms with van der Waals surface area (Å²) in [5, 5.41) is 3.34. The highest BCUT2D eigenvalue weighted by molar-refractivity contribution is 7.92. The average molecular weight is 570 g/mol. The maximum absolute atomic E-state index is 13.9. The Labute approximate surface area is 236 Å². The second-order valence-corrected chi connectivity index (χ2v) is 12.1. The highest BCUT2D eigenvalue weighted by Crippen LogP contribution is 2.26. The van der Waals surface area contributed by atoms with E-state index in [1.165, 1.54) is 29.2 Å². The van der Waals surface area contributed by atoms with Crippen LogP contribution in [0, 0.1) is 13.8 Å². The lowest BCUT2D eigenvalue weighted by atomic mass is 10.1. The van der Waals surface area contributed by atoms with E-state index in [1.807, 2.05) is 52.0 Å². The number of amides is 2. The first-order valence-electron chi connectivity index (χ1n) is 12.9. The van der Waals surface area contributed by atoms with E-state index in [1.54, 1.807) is 31.2 Å². The van der Waals surface area contributed by atoms with E-state index >= 15 is 0 Å². The van der Waals surface area contributed by atoms with Gasteiger partial charge in [-0.15, -0.1) is 0 Å². The fourth-order valence-electron chi connectivity index (χ4n) is 3.91. The molecule has 0 heterocycles. The topological polar surface area (TPSA) is 86.8 Å². The van der Waals surface area contributed by atoms with Gasteiger partial charge in [0.15, 0.2) is 0 Å². The summed E-state index contributed by atoms with van der Waals surface area (Å²) in [6.07, 6.45) is 0.741. The normalized spacial score (nSPS) is 12.9. The molecular weight excluding hydrogens is 534 g/mol. The third kappa shape index (κ3) is 7.83. The molecule has 2 unspecified atom stereocenters. The van der Waals surface area contributed by atoms with Gasteiger partial charge in [-0.2, -0.15) is 0 Å².